The Morgan fingerprint density at radius 1 is 0.815 bits per heavy atom. The lowest BCUT2D eigenvalue weighted by Crippen LogP contribution is -2.59. The van der Waals surface area contributed by atoms with Crippen molar-refractivity contribution in [2.45, 2.75) is 70.1 Å². The third-order valence-electron chi connectivity index (χ3n) is 6.28. The van der Waals surface area contributed by atoms with Gasteiger partial charge in [0.05, 0.1) is 0 Å². The number of likely N-dealkylation sites (N-methyl/N-ethyl adjacent to an activating group) is 4. The van der Waals surface area contributed by atoms with Crippen molar-refractivity contribution in [2.24, 2.45) is 0 Å². The summed E-state index contributed by atoms with van der Waals surface area (Å²) in [5.74, 6) is 0.136. The number of hydrogen-bond donors (Lipinski definition) is 1. The van der Waals surface area contributed by atoms with Crippen LogP contribution >= 0.6 is 0 Å². The van der Waals surface area contributed by atoms with Crippen LogP contribution in [0.15, 0.2) is 0 Å². The first-order valence-electron chi connectivity index (χ1n) is 10.7. The number of fused-ring (bicyclic) bond motifs is 1. The molecule has 1 saturated carbocycles. The van der Waals surface area contributed by atoms with Crippen LogP contribution in [0.2, 0.25) is 0 Å². The number of carbonyl (C=O) groups is 1. The molecular formula is C21H43N5O. The Labute approximate surface area is 167 Å². The second-order valence-corrected chi connectivity index (χ2v) is 9.88. The summed E-state index contributed by atoms with van der Waals surface area (Å²) < 4.78 is 0. The number of piperazine rings is 2. The number of hydrogen-bond acceptors (Lipinski definition) is 5. The summed E-state index contributed by atoms with van der Waals surface area (Å²) in [5, 5.41) is 3.03. The van der Waals surface area contributed by atoms with Crippen molar-refractivity contribution in [3.63, 3.8) is 0 Å². The molecule has 27 heavy (non-hydrogen) atoms. The molecule has 0 spiro atoms. The first-order valence-corrected chi connectivity index (χ1v) is 10.7. The van der Waals surface area contributed by atoms with E-state index in [1.807, 2.05) is 27.8 Å². The van der Waals surface area contributed by atoms with Crippen LogP contribution in [0.5, 0.6) is 0 Å². The lowest BCUT2D eigenvalue weighted by atomic mass is 9.87. The average Bonchev–Trinajstić information content (AvgIpc) is 2.60. The van der Waals surface area contributed by atoms with E-state index in [4.69, 9.17) is 0 Å². The van der Waals surface area contributed by atoms with Gasteiger partial charge >= 0.3 is 0 Å². The second-order valence-electron chi connectivity index (χ2n) is 9.88. The zero-order valence-electron chi connectivity index (χ0n) is 18.8. The largest absolute Gasteiger partial charge is 0.350 e. The zero-order valence-corrected chi connectivity index (χ0v) is 18.8. The van der Waals surface area contributed by atoms with Crippen molar-refractivity contribution >= 4 is 5.91 Å². The molecule has 1 N–H and O–H groups in total. The predicted molar refractivity (Wildman–Crippen MR) is 113 cm³/mol. The molecule has 2 aliphatic heterocycles. The highest BCUT2D eigenvalue weighted by Crippen LogP contribution is 2.28. The Kier molecular flexibility index (Phi) is 8.10. The van der Waals surface area contributed by atoms with Gasteiger partial charge < -0.3 is 20.0 Å². The standard InChI is InChI=1S/C11H23N3O.C10H20N2/c1-11(2,3)12-10(15)9-8-13(4)6-7-14(9)5;1-11-7-8-12(2)10-6-4-3-5-9(10)11/h9H,6-8H2,1-5H3,(H,12,15);9-10H,3-8H2,1-2H3/t9-;9-,10+/m0./s1. The van der Waals surface area contributed by atoms with E-state index < -0.39 is 0 Å². The third-order valence-corrected chi connectivity index (χ3v) is 6.28. The highest BCUT2D eigenvalue weighted by atomic mass is 16.2. The van der Waals surface area contributed by atoms with E-state index in [1.54, 1.807) is 0 Å². The number of nitrogens with zero attached hydrogens (tertiary/aromatic N) is 4. The molecule has 0 aromatic carbocycles. The smallest absolute Gasteiger partial charge is 0.239 e. The van der Waals surface area contributed by atoms with Gasteiger partial charge in [0, 0.05) is 50.3 Å². The normalized spacial score (nSPS) is 31.6. The summed E-state index contributed by atoms with van der Waals surface area (Å²) in [7, 11) is 8.65. The van der Waals surface area contributed by atoms with Gasteiger partial charge in [0.15, 0.2) is 0 Å². The Hall–Kier alpha value is -0.690. The van der Waals surface area contributed by atoms with Gasteiger partial charge in [0.1, 0.15) is 6.04 Å². The van der Waals surface area contributed by atoms with Gasteiger partial charge in [-0.3, -0.25) is 9.69 Å². The van der Waals surface area contributed by atoms with Crippen LogP contribution in [0.25, 0.3) is 0 Å². The number of rotatable bonds is 1. The summed E-state index contributed by atoms with van der Waals surface area (Å²) in [4.78, 5) is 21.4. The fourth-order valence-electron chi connectivity index (χ4n) is 4.51. The van der Waals surface area contributed by atoms with Crippen molar-refractivity contribution in [1.29, 1.82) is 0 Å². The van der Waals surface area contributed by atoms with Crippen molar-refractivity contribution in [3.8, 4) is 0 Å². The molecule has 1 aliphatic carbocycles. The number of carbonyl (C=O) groups excluding carboxylic acids is 1. The molecule has 6 heteroatoms. The first-order chi connectivity index (χ1) is 12.6. The van der Waals surface area contributed by atoms with Crippen LogP contribution in [0, 0.1) is 0 Å². The van der Waals surface area contributed by atoms with Crippen LogP contribution < -0.4 is 5.32 Å². The van der Waals surface area contributed by atoms with Crippen molar-refractivity contribution in [1.82, 2.24) is 24.9 Å². The van der Waals surface area contributed by atoms with Crippen LogP contribution in [-0.2, 0) is 4.79 Å². The fraction of sp³-hybridized carbons (Fsp3) is 0.952. The first kappa shape index (κ1) is 22.6. The molecule has 3 aliphatic rings. The van der Waals surface area contributed by atoms with Crippen molar-refractivity contribution in [3.05, 3.63) is 0 Å². The van der Waals surface area contributed by atoms with Gasteiger partial charge in [0.2, 0.25) is 5.91 Å². The van der Waals surface area contributed by atoms with Crippen LogP contribution in [0.1, 0.15) is 46.5 Å². The van der Waals surface area contributed by atoms with Crippen LogP contribution in [-0.4, -0.2) is 110 Å². The van der Waals surface area contributed by atoms with Gasteiger partial charge in [-0.2, -0.15) is 0 Å². The summed E-state index contributed by atoms with van der Waals surface area (Å²) >= 11 is 0. The second kappa shape index (κ2) is 9.68. The van der Waals surface area contributed by atoms with E-state index in [9.17, 15) is 4.79 Å². The number of amides is 1. The molecule has 2 heterocycles. The highest BCUT2D eigenvalue weighted by molar-refractivity contribution is 5.82. The fourth-order valence-corrected chi connectivity index (χ4v) is 4.51. The minimum absolute atomic E-state index is 0.0111. The Balaban J connectivity index is 0.000000198. The molecule has 3 atom stereocenters. The molecule has 0 aromatic rings. The van der Waals surface area contributed by atoms with E-state index in [0.29, 0.717) is 0 Å². The minimum Gasteiger partial charge on any atom is -0.350 e. The van der Waals surface area contributed by atoms with Crippen LogP contribution in [0.3, 0.4) is 0 Å². The highest BCUT2D eigenvalue weighted by Gasteiger charge is 2.34. The molecule has 2 saturated heterocycles. The van der Waals surface area contributed by atoms with E-state index in [2.05, 4.69) is 46.1 Å². The topological polar surface area (TPSA) is 42.1 Å². The van der Waals surface area contributed by atoms with E-state index in [1.165, 1.54) is 38.8 Å². The van der Waals surface area contributed by atoms with Gasteiger partial charge in [-0.05, 0) is 61.8 Å². The maximum atomic E-state index is 12.0. The Morgan fingerprint density at radius 3 is 1.78 bits per heavy atom. The minimum atomic E-state index is -0.145. The average molecular weight is 382 g/mol. The van der Waals surface area contributed by atoms with E-state index in [-0.39, 0.29) is 17.5 Å². The predicted octanol–water partition coefficient (Wildman–Crippen LogP) is 1.32. The molecule has 0 bridgehead atoms. The third kappa shape index (κ3) is 6.70. The lowest BCUT2D eigenvalue weighted by molar-refractivity contribution is -0.129. The molecule has 6 nitrogen and oxygen atoms in total. The van der Waals surface area contributed by atoms with Crippen LogP contribution in [0.4, 0.5) is 0 Å². The zero-order chi connectivity index (χ0) is 20.2. The molecule has 0 aromatic heterocycles. The summed E-state index contributed by atoms with van der Waals surface area (Å²) in [6, 6.07) is 1.71. The number of nitrogens with one attached hydrogen (secondary N) is 1. The van der Waals surface area contributed by atoms with Gasteiger partial charge in [-0.1, -0.05) is 12.8 Å². The molecular weight excluding hydrogens is 338 g/mol. The lowest BCUT2D eigenvalue weighted by Gasteiger charge is -2.47. The van der Waals surface area contributed by atoms with Gasteiger partial charge in [0.25, 0.3) is 0 Å². The van der Waals surface area contributed by atoms with E-state index >= 15 is 0 Å². The quantitative estimate of drug-likeness (QED) is 0.742. The molecule has 158 valence electrons. The molecule has 0 radical (unpaired) electrons. The van der Waals surface area contributed by atoms with Gasteiger partial charge in [-0.25, -0.2) is 0 Å². The monoisotopic (exact) mass is 381 g/mol. The summed E-state index contributed by atoms with van der Waals surface area (Å²) in [6.45, 7) is 11.4. The SMILES string of the molecule is CN1CCN(C)[C@H](C(=O)NC(C)(C)C)C1.CN1CCN(C)[C@H]2CCCC[C@H]21. The van der Waals surface area contributed by atoms with Gasteiger partial charge in [-0.15, -0.1) is 0 Å². The molecule has 1 amide bonds. The van der Waals surface area contributed by atoms with Crippen molar-refractivity contribution < 1.29 is 4.79 Å². The summed E-state index contributed by atoms with van der Waals surface area (Å²) in [5.41, 5.74) is -0.145. The maximum absolute atomic E-state index is 12.0. The Morgan fingerprint density at radius 2 is 1.30 bits per heavy atom. The molecule has 3 rings (SSSR count). The Bertz CT molecular complexity index is 460. The summed E-state index contributed by atoms with van der Waals surface area (Å²) in [6.07, 6.45) is 5.73. The van der Waals surface area contributed by atoms with E-state index in [0.717, 1.165) is 31.7 Å². The molecule has 3 fully saturated rings. The maximum Gasteiger partial charge on any atom is 0.239 e. The molecule has 0 unspecified atom stereocenters. The van der Waals surface area contributed by atoms with Crippen molar-refractivity contribution in [2.75, 3.05) is 60.9 Å².